The first-order valence-electron chi connectivity index (χ1n) is 6.79. The van der Waals surface area contributed by atoms with Crippen molar-refractivity contribution in [1.82, 2.24) is 15.2 Å². The summed E-state index contributed by atoms with van der Waals surface area (Å²) in [5.74, 6) is 0.817. The highest BCUT2D eigenvalue weighted by molar-refractivity contribution is 5.95. The number of rotatable bonds is 4. The van der Waals surface area contributed by atoms with Crippen molar-refractivity contribution < 1.29 is 0 Å². The van der Waals surface area contributed by atoms with E-state index in [1.54, 1.807) is 6.20 Å². The lowest BCUT2D eigenvalue weighted by molar-refractivity contribution is 0.946. The Bertz CT molecular complexity index is 702. The molecule has 0 atom stereocenters. The zero-order chi connectivity index (χ0) is 13.8. The monoisotopic (exact) mass is 264 g/mol. The summed E-state index contributed by atoms with van der Waals surface area (Å²) < 4.78 is 0. The Morgan fingerprint density at radius 3 is 2.80 bits per heavy atom. The first-order chi connectivity index (χ1) is 9.88. The van der Waals surface area contributed by atoms with Crippen LogP contribution in [0.2, 0.25) is 0 Å². The molecule has 0 spiro atoms. The van der Waals surface area contributed by atoms with Crippen LogP contribution in [0.4, 0.5) is 5.82 Å². The van der Waals surface area contributed by atoms with E-state index in [0.717, 1.165) is 40.8 Å². The number of benzene rings is 1. The Balaban J connectivity index is 1.98. The Hall–Kier alpha value is -2.49. The fourth-order valence-corrected chi connectivity index (χ4v) is 2.17. The van der Waals surface area contributed by atoms with Gasteiger partial charge in [0.15, 0.2) is 0 Å². The summed E-state index contributed by atoms with van der Waals surface area (Å²) in [7, 11) is 0. The summed E-state index contributed by atoms with van der Waals surface area (Å²) in [6.45, 7) is 3.03. The molecule has 4 nitrogen and oxygen atoms in total. The molecule has 0 amide bonds. The van der Waals surface area contributed by atoms with Crippen molar-refractivity contribution in [3.8, 4) is 11.3 Å². The fraction of sp³-hybridized carbons (Fsp3) is 0.188. The van der Waals surface area contributed by atoms with Gasteiger partial charge in [-0.05, 0) is 30.0 Å². The van der Waals surface area contributed by atoms with E-state index in [0.29, 0.717) is 0 Å². The number of aromatic nitrogens is 3. The maximum atomic E-state index is 4.32. The van der Waals surface area contributed by atoms with E-state index in [-0.39, 0.29) is 0 Å². The van der Waals surface area contributed by atoms with Crippen molar-refractivity contribution in [2.45, 2.75) is 13.3 Å². The Morgan fingerprint density at radius 1 is 1.05 bits per heavy atom. The average Bonchev–Trinajstić information content (AvgIpc) is 2.53. The summed E-state index contributed by atoms with van der Waals surface area (Å²) in [6.07, 6.45) is 4.74. The molecule has 3 aromatic rings. The second-order valence-corrected chi connectivity index (χ2v) is 4.63. The third-order valence-electron chi connectivity index (χ3n) is 3.18. The van der Waals surface area contributed by atoms with Gasteiger partial charge in [-0.2, -0.15) is 0 Å². The van der Waals surface area contributed by atoms with Crippen LogP contribution in [0.3, 0.4) is 0 Å². The lowest BCUT2D eigenvalue weighted by Crippen LogP contribution is -2.02. The lowest BCUT2D eigenvalue weighted by Gasteiger charge is -2.06. The summed E-state index contributed by atoms with van der Waals surface area (Å²) in [4.78, 5) is 4.15. The quantitative estimate of drug-likeness (QED) is 0.783. The van der Waals surface area contributed by atoms with Gasteiger partial charge >= 0.3 is 0 Å². The van der Waals surface area contributed by atoms with Crippen molar-refractivity contribution in [2.75, 3.05) is 11.9 Å². The molecule has 0 unspecified atom stereocenters. The molecule has 0 fully saturated rings. The largest absolute Gasteiger partial charge is 0.369 e. The first kappa shape index (κ1) is 12.5. The molecule has 2 heterocycles. The number of nitrogens with zero attached hydrogens (tertiary/aromatic N) is 3. The summed E-state index contributed by atoms with van der Waals surface area (Å²) in [5.41, 5.74) is 1.96. The van der Waals surface area contributed by atoms with Gasteiger partial charge in [-0.1, -0.05) is 25.1 Å². The van der Waals surface area contributed by atoms with Crippen molar-refractivity contribution in [1.29, 1.82) is 0 Å². The van der Waals surface area contributed by atoms with Gasteiger partial charge in [0.2, 0.25) is 0 Å². The van der Waals surface area contributed by atoms with E-state index in [4.69, 9.17) is 0 Å². The van der Waals surface area contributed by atoms with Crippen LogP contribution in [0.25, 0.3) is 22.0 Å². The van der Waals surface area contributed by atoms with E-state index in [2.05, 4.69) is 39.6 Å². The van der Waals surface area contributed by atoms with Crippen molar-refractivity contribution in [3.05, 3.63) is 48.8 Å². The Labute approximate surface area is 117 Å². The van der Waals surface area contributed by atoms with E-state index < -0.39 is 0 Å². The SMILES string of the molecule is CCCNc1ccc(-c2cccc3cnccc23)nn1. The molecule has 1 aromatic carbocycles. The molecular weight excluding hydrogens is 248 g/mol. The number of hydrogen-bond donors (Lipinski definition) is 1. The maximum Gasteiger partial charge on any atom is 0.148 e. The molecule has 0 saturated heterocycles. The number of hydrogen-bond acceptors (Lipinski definition) is 4. The molecule has 20 heavy (non-hydrogen) atoms. The molecule has 2 aromatic heterocycles. The molecule has 0 aliphatic carbocycles. The highest BCUT2D eigenvalue weighted by Crippen LogP contribution is 2.26. The van der Waals surface area contributed by atoms with Crippen LogP contribution in [0.15, 0.2) is 48.8 Å². The minimum Gasteiger partial charge on any atom is -0.369 e. The third-order valence-corrected chi connectivity index (χ3v) is 3.18. The van der Waals surface area contributed by atoms with Gasteiger partial charge in [-0.15, -0.1) is 10.2 Å². The normalized spacial score (nSPS) is 10.7. The smallest absolute Gasteiger partial charge is 0.148 e. The van der Waals surface area contributed by atoms with Gasteiger partial charge in [0, 0.05) is 29.9 Å². The summed E-state index contributed by atoms with van der Waals surface area (Å²) in [6, 6.07) is 12.1. The number of anilines is 1. The van der Waals surface area contributed by atoms with E-state index in [9.17, 15) is 0 Å². The third kappa shape index (κ3) is 2.45. The molecule has 0 saturated carbocycles. The second kappa shape index (κ2) is 5.65. The highest BCUT2D eigenvalue weighted by Gasteiger charge is 2.05. The summed E-state index contributed by atoms with van der Waals surface area (Å²) in [5, 5.41) is 14.0. The van der Waals surface area contributed by atoms with Crippen LogP contribution in [0.5, 0.6) is 0 Å². The Kier molecular flexibility index (Phi) is 3.54. The predicted molar refractivity (Wildman–Crippen MR) is 81.5 cm³/mol. The van der Waals surface area contributed by atoms with E-state index in [1.807, 2.05) is 30.5 Å². The van der Waals surface area contributed by atoms with Crippen LogP contribution in [-0.2, 0) is 0 Å². The zero-order valence-corrected chi connectivity index (χ0v) is 11.4. The molecule has 3 rings (SSSR count). The highest BCUT2D eigenvalue weighted by atomic mass is 15.2. The minimum absolute atomic E-state index is 0.817. The second-order valence-electron chi connectivity index (χ2n) is 4.63. The predicted octanol–water partition coefficient (Wildman–Crippen LogP) is 3.51. The van der Waals surface area contributed by atoms with Crippen molar-refractivity contribution in [2.24, 2.45) is 0 Å². The van der Waals surface area contributed by atoms with Gasteiger partial charge in [-0.3, -0.25) is 4.98 Å². The summed E-state index contributed by atoms with van der Waals surface area (Å²) >= 11 is 0. The van der Waals surface area contributed by atoms with Crippen molar-refractivity contribution in [3.63, 3.8) is 0 Å². The van der Waals surface area contributed by atoms with Gasteiger partial charge in [0.05, 0.1) is 5.69 Å². The fourth-order valence-electron chi connectivity index (χ4n) is 2.17. The molecular formula is C16H16N4. The number of fused-ring (bicyclic) bond motifs is 1. The number of pyridine rings is 1. The van der Waals surface area contributed by atoms with Crippen LogP contribution < -0.4 is 5.32 Å². The topological polar surface area (TPSA) is 50.7 Å². The first-order valence-corrected chi connectivity index (χ1v) is 6.79. The van der Waals surface area contributed by atoms with Crippen LogP contribution in [0.1, 0.15) is 13.3 Å². The number of nitrogens with one attached hydrogen (secondary N) is 1. The van der Waals surface area contributed by atoms with Crippen molar-refractivity contribution >= 4 is 16.6 Å². The standard InChI is InChI=1S/C16H16N4/c1-2-9-18-16-7-6-15(19-20-16)14-5-3-4-12-11-17-10-8-13(12)14/h3-8,10-11H,2,9H2,1H3,(H,18,20). The van der Waals surface area contributed by atoms with Gasteiger partial charge in [0.25, 0.3) is 0 Å². The molecule has 0 aliphatic heterocycles. The molecule has 0 radical (unpaired) electrons. The Morgan fingerprint density at radius 2 is 2.00 bits per heavy atom. The molecule has 100 valence electrons. The van der Waals surface area contributed by atoms with Gasteiger partial charge in [0.1, 0.15) is 5.82 Å². The van der Waals surface area contributed by atoms with Crippen LogP contribution >= 0.6 is 0 Å². The van der Waals surface area contributed by atoms with E-state index >= 15 is 0 Å². The minimum atomic E-state index is 0.817. The van der Waals surface area contributed by atoms with Crippen LogP contribution in [0, 0.1) is 0 Å². The maximum absolute atomic E-state index is 4.32. The average molecular weight is 264 g/mol. The van der Waals surface area contributed by atoms with E-state index in [1.165, 1.54) is 0 Å². The van der Waals surface area contributed by atoms with Crippen LogP contribution in [-0.4, -0.2) is 21.7 Å². The van der Waals surface area contributed by atoms with Gasteiger partial charge < -0.3 is 5.32 Å². The molecule has 0 aliphatic rings. The zero-order valence-electron chi connectivity index (χ0n) is 11.4. The lowest BCUT2D eigenvalue weighted by atomic mass is 10.0. The van der Waals surface area contributed by atoms with Gasteiger partial charge in [-0.25, -0.2) is 0 Å². The molecule has 1 N–H and O–H groups in total. The molecule has 4 heteroatoms. The molecule has 0 bridgehead atoms.